The van der Waals surface area contributed by atoms with Gasteiger partial charge in [0.25, 0.3) is 5.91 Å². The molecule has 0 spiro atoms. The highest BCUT2D eigenvalue weighted by atomic mass is 79.9. The van der Waals surface area contributed by atoms with Crippen LogP contribution < -0.4 is 20.1 Å². The first kappa shape index (κ1) is 20.7. The molecular weight excluding hydrogens is 464 g/mol. The van der Waals surface area contributed by atoms with Gasteiger partial charge < -0.3 is 25.2 Å². The van der Waals surface area contributed by atoms with E-state index < -0.39 is 11.9 Å². The molecule has 2 amide bonds. The lowest BCUT2D eigenvalue weighted by Gasteiger charge is -2.20. The van der Waals surface area contributed by atoms with Crippen LogP contribution in [0.3, 0.4) is 0 Å². The standard InChI is InChI=1S/C23H19BrN2O5/c24-17-5-2-1-4-16(17)22(28)26-19(12-14-8-10-15(27)11-9-14)23(29)25-18-6-3-7-20-21(18)31-13-30-20/h1-11,19,27H,12-13H2,(H,25,29)(H,26,28). The Morgan fingerprint density at radius 1 is 1.00 bits per heavy atom. The zero-order valence-electron chi connectivity index (χ0n) is 16.3. The molecule has 1 aliphatic heterocycles. The van der Waals surface area contributed by atoms with Gasteiger partial charge in [0.2, 0.25) is 12.7 Å². The van der Waals surface area contributed by atoms with Crippen molar-refractivity contribution < 1.29 is 24.2 Å². The van der Waals surface area contributed by atoms with E-state index in [0.29, 0.717) is 27.2 Å². The van der Waals surface area contributed by atoms with Crippen LogP contribution in [0.1, 0.15) is 15.9 Å². The summed E-state index contributed by atoms with van der Waals surface area (Å²) in [4.78, 5) is 26.0. The third kappa shape index (κ3) is 4.80. The molecule has 1 aliphatic rings. The Kier molecular flexibility index (Phi) is 6.08. The monoisotopic (exact) mass is 482 g/mol. The number of anilines is 1. The van der Waals surface area contributed by atoms with E-state index in [2.05, 4.69) is 26.6 Å². The largest absolute Gasteiger partial charge is 0.508 e. The Morgan fingerprint density at radius 3 is 2.55 bits per heavy atom. The minimum absolute atomic E-state index is 0.0813. The SMILES string of the molecule is O=C(NC(Cc1ccc(O)cc1)C(=O)Nc1cccc2c1OCO2)c1ccccc1Br. The fourth-order valence-corrected chi connectivity index (χ4v) is 3.67. The van der Waals surface area contributed by atoms with Crippen LogP contribution in [0.25, 0.3) is 0 Å². The molecule has 0 fully saturated rings. The molecule has 3 aromatic carbocycles. The average Bonchev–Trinajstić information content (AvgIpc) is 3.25. The van der Waals surface area contributed by atoms with E-state index in [0.717, 1.165) is 5.56 Å². The van der Waals surface area contributed by atoms with Crippen LogP contribution in [0.15, 0.2) is 71.2 Å². The summed E-state index contributed by atoms with van der Waals surface area (Å²) in [6.07, 6.45) is 0.231. The van der Waals surface area contributed by atoms with E-state index in [1.165, 1.54) is 12.1 Å². The van der Waals surface area contributed by atoms with Gasteiger partial charge in [-0.1, -0.05) is 30.3 Å². The quantitative estimate of drug-likeness (QED) is 0.495. The molecule has 1 heterocycles. The van der Waals surface area contributed by atoms with Crippen molar-refractivity contribution in [2.45, 2.75) is 12.5 Å². The second-order valence-corrected chi connectivity index (χ2v) is 7.76. The van der Waals surface area contributed by atoms with E-state index in [1.807, 2.05) is 0 Å². The van der Waals surface area contributed by atoms with Gasteiger partial charge in [-0.05, 0) is 57.9 Å². The summed E-state index contributed by atoms with van der Waals surface area (Å²) >= 11 is 3.37. The normalized spacial score (nSPS) is 12.8. The summed E-state index contributed by atoms with van der Waals surface area (Å²) in [7, 11) is 0. The van der Waals surface area contributed by atoms with Gasteiger partial charge >= 0.3 is 0 Å². The summed E-state index contributed by atoms with van der Waals surface area (Å²) in [5.74, 6) is 0.335. The number of ether oxygens (including phenoxy) is 2. The van der Waals surface area contributed by atoms with Gasteiger partial charge in [-0.2, -0.15) is 0 Å². The van der Waals surface area contributed by atoms with E-state index in [4.69, 9.17) is 9.47 Å². The first-order valence-electron chi connectivity index (χ1n) is 9.54. The molecule has 0 saturated heterocycles. The van der Waals surface area contributed by atoms with Crippen LogP contribution in [-0.2, 0) is 11.2 Å². The molecule has 7 nitrogen and oxygen atoms in total. The minimum Gasteiger partial charge on any atom is -0.508 e. The molecule has 3 N–H and O–H groups in total. The maximum atomic E-state index is 13.2. The minimum atomic E-state index is -0.873. The summed E-state index contributed by atoms with van der Waals surface area (Å²) in [6.45, 7) is 0.0813. The Bertz CT molecular complexity index is 1120. The first-order valence-corrected chi connectivity index (χ1v) is 10.3. The van der Waals surface area contributed by atoms with Crippen LogP contribution in [0.4, 0.5) is 5.69 Å². The van der Waals surface area contributed by atoms with E-state index in [1.54, 1.807) is 54.6 Å². The fourth-order valence-electron chi connectivity index (χ4n) is 3.21. The van der Waals surface area contributed by atoms with E-state index in [-0.39, 0.29) is 24.9 Å². The van der Waals surface area contributed by atoms with Gasteiger partial charge in [0.1, 0.15) is 11.8 Å². The molecule has 0 aliphatic carbocycles. The number of phenolic OH excluding ortho intramolecular Hbond substituents is 1. The lowest BCUT2D eigenvalue weighted by atomic mass is 10.0. The second-order valence-electron chi connectivity index (χ2n) is 6.91. The Morgan fingerprint density at radius 2 is 1.77 bits per heavy atom. The third-order valence-electron chi connectivity index (χ3n) is 4.77. The summed E-state index contributed by atoms with van der Waals surface area (Å²) < 4.78 is 11.4. The Balaban J connectivity index is 1.57. The molecular formula is C23H19BrN2O5. The third-order valence-corrected chi connectivity index (χ3v) is 5.46. The first-order chi connectivity index (χ1) is 15.0. The summed E-state index contributed by atoms with van der Waals surface area (Å²) in [5.41, 5.74) is 1.66. The number of hydrogen-bond donors (Lipinski definition) is 3. The lowest BCUT2D eigenvalue weighted by Crippen LogP contribution is -2.45. The van der Waals surface area contributed by atoms with Crippen LogP contribution in [-0.4, -0.2) is 29.8 Å². The second kappa shape index (κ2) is 9.09. The molecule has 0 aromatic heterocycles. The highest BCUT2D eigenvalue weighted by molar-refractivity contribution is 9.10. The molecule has 1 atom stereocenters. The number of nitrogens with one attached hydrogen (secondary N) is 2. The predicted molar refractivity (Wildman–Crippen MR) is 118 cm³/mol. The average molecular weight is 483 g/mol. The van der Waals surface area contributed by atoms with Crippen LogP contribution in [0.5, 0.6) is 17.2 Å². The maximum Gasteiger partial charge on any atom is 0.253 e. The summed E-state index contributed by atoms with van der Waals surface area (Å²) in [5, 5.41) is 15.2. The molecule has 3 aromatic rings. The van der Waals surface area contributed by atoms with Crippen LogP contribution in [0.2, 0.25) is 0 Å². The van der Waals surface area contributed by atoms with Crippen molar-refractivity contribution in [2.75, 3.05) is 12.1 Å². The van der Waals surface area contributed by atoms with Gasteiger partial charge in [0, 0.05) is 10.9 Å². The van der Waals surface area contributed by atoms with Crippen molar-refractivity contribution in [3.63, 3.8) is 0 Å². The number of phenols is 1. The van der Waals surface area contributed by atoms with Gasteiger partial charge in [-0.3, -0.25) is 9.59 Å². The number of carbonyl (C=O) groups is 2. The van der Waals surface area contributed by atoms with Crippen molar-refractivity contribution >= 4 is 33.4 Å². The number of para-hydroxylation sites is 1. The van der Waals surface area contributed by atoms with Crippen molar-refractivity contribution in [1.29, 1.82) is 0 Å². The molecule has 158 valence electrons. The number of hydrogen-bond acceptors (Lipinski definition) is 5. The molecule has 8 heteroatoms. The highest BCUT2D eigenvalue weighted by Crippen LogP contribution is 2.38. The number of rotatable bonds is 6. The number of amides is 2. The molecule has 0 radical (unpaired) electrons. The van der Waals surface area contributed by atoms with Gasteiger partial charge in [0.15, 0.2) is 11.5 Å². The number of halogens is 1. The number of aromatic hydroxyl groups is 1. The van der Waals surface area contributed by atoms with E-state index >= 15 is 0 Å². The van der Waals surface area contributed by atoms with Crippen LogP contribution in [0, 0.1) is 0 Å². The molecule has 1 unspecified atom stereocenters. The number of fused-ring (bicyclic) bond motifs is 1. The van der Waals surface area contributed by atoms with E-state index in [9.17, 15) is 14.7 Å². The van der Waals surface area contributed by atoms with Crippen molar-refractivity contribution in [2.24, 2.45) is 0 Å². The van der Waals surface area contributed by atoms with Crippen molar-refractivity contribution in [3.8, 4) is 17.2 Å². The van der Waals surface area contributed by atoms with Crippen LogP contribution >= 0.6 is 15.9 Å². The van der Waals surface area contributed by atoms with Gasteiger partial charge in [-0.25, -0.2) is 0 Å². The number of carbonyl (C=O) groups excluding carboxylic acids is 2. The zero-order chi connectivity index (χ0) is 21.8. The van der Waals surface area contributed by atoms with Crippen molar-refractivity contribution in [3.05, 3.63) is 82.3 Å². The number of benzene rings is 3. The lowest BCUT2D eigenvalue weighted by molar-refractivity contribution is -0.118. The molecule has 0 bridgehead atoms. The molecule has 31 heavy (non-hydrogen) atoms. The highest BCUT2D eigenvalue weighted by Gasteiger charge is 2.25. The van der Waals surface area contributed by atoms with Gasteiger partial charge in [0.05, 0.1) is 11.3 Å². The summed E-state index contributed by atoms with van der Waals surface area (Å²) in [6, 6.07) is 17.8. The maximum absolute atomic E-state index is 13.2. The fraction of sp³-hybridized carbons (Fsp3) is 0.130. The smallest absolute Gasteiger partial charge is 0.253 e. The van der Waals surface area contributed by atoms with Gasteiger partial charge in [-0.15, -0.1) is 0 Å². The molecule has 0 saturated carbocycles. The predicted octanol–water partition coefficient (Wildman–Crippen LogP) is 3.86. The Labute approximate surface area is 187 Å². The zero-order valence-corrected chi connectivity index (χ0v) is 17.9. The van der Waals surface area contributed by atoms with Crippen molar-refractivity contribution in [1.82, 2.24) is 5.32 Å². The molecule has 4 rings (SSSR count). The Hall–Kier alpha value is -3.52. The topological polar surface area (TPSA) is 96.9 Å².